The molecule has 0 radical (unpaired) electrons. The van der Waals surface area contributed by atoms with E-state index in [1.54, 1.807) is 0 Å². The van der Waals surface area contributed by atoms with Gasteiger partial charge in [0.1, 0.15) is 13.2 Å². The van der Waals surface area contributed by atoms with Gasteiger partial charge in [0.15, 0.2) is 11.5 Å². The van der Waals surface area contributed by atoms with Crippen LogP contribution in [0.2, 0.25) is 0 Å². The Balaban J connectivity index is 1.27. The van der Waals surface area contributed by atoms with Crippen molar-refractivity contribution in [2.75, 3.05) is 51.8 Å². The van der Waals surface area contributed by atoms with Crippen molar-refractivity contribution in [1.29, 1.82) is 0 Å². The first-order chi connectivity index (χ1) is 13.6. The predicted octanol–water partition coefficient (Wildman–Crippen LogP) is 1.98. The van der Waals surface area contributed by atoms with Gasteiger partial charge >= 0.3 is 0 Å². The molecule has 0 spiro atoms. The van der Waals surface area contributed by atoms with E-state index in [4.69, 9.17) is 9.47 Å². The van der Waals surface area contributed by atoms with Crippen LogP contribution in [0.15, 0.2) is 18.2 Å². The number of amides is 2. The first-order valence-corrected chi connectivity index (χ1v) is 10.3. The Hall–Kier alpha value is -2.28. The van der Waals surface area contributed by atoms with Gasteiger partial charge in [-0.15, -0.1) is 0 Å². The highest BCUT2D eigenvalue weighted by Gasteiger charge is 2.33. The average Bonchev–Trinajstić information content (AvgIpc) is 2.74. The molecule has 1 aromatic carbocycles. The molecule has 2 amide bonds. The van der Waals surface area contributed by atoms with Gasteiger partial charge in [-0.2, -0.15) is 0 Å². The third-order valence-corrected chi connectivity index (χ3v) is 6.07. The predicted molar refractivity (Wildman–Crippen MR) is 106 cm³/mol. The molecule has 0 unspecified atom stereocenters. The van der Waals surface area contributed by atoms with E-state index in [1.165, 1.54) is 0 Å². The van der Waals surface area contributed by atoms with Gasteiger partial charge in [-0.25, -0.2) is 0 Å². The largest absolute Gasteiger partial charge is 0.486 e. The summed E-state index contributed by atoms with van der Waals surface area (Å²) in [5.41, 5.74) is 0.727. The lowest BCUT2D eigenvalue weighted by molar-refractivity contribution is -0.139. The summed E-state index contributed by atoms with van der Waals surface area (Å²) in [5, 5.41) is 3.00. The molecular formula is C21H29N3O4. The van der Waals surface area contributed by atoms with Crippen molar-refractivity contribution in [3.8, 4) is 11.5 Å². The smallest absolute Gasteiger partial charge is 0.227 e. The summed E-state index contributed by atoms with van der Waals surface area (Å²) in [6.45, 7) is 4.60. The number of benzene rings is 1. The fraction of sp³-hybridized carbons (Fsp3) is 0.619. The molecular weight excluding hydrogens is 358 g/mol. The van der Waals surface area contributed by atoms with Crippen LogP contribution in [-0.2, 0) is 9.59 Å². The van der Waals surface area contributed by atoms with Gasteiger partial charge in [0.05, 0.1) is 0 Å². The number of rotatable bonds is 3. The molecule has 1 saturated heterocycles. The molecule has 1 aliphatic carbocycles. The van der Waals surface area contributed by atoms with Crippen LogP contribution in [0, 0.1) is 11.8 Å². The minimum Gasteiger partial charge on any atom is -0.486 e. The third kappa shape index (κ3) is 4.24. The zero-order valence-corrected chi connectivity index (χ0v) is 16.5. The van der Waals surface area contributed by atoms with Gasteiger partial charge in [0, 0.05) is 49.8 Å². The summed E-state index contributed by atoms with van der Waals surface area (Å²) < 4.78 is 11.1. The Labute approximate surface area is 166 Å². The van der Waals surface area contributed by atoms with E-state index in [9.17, 15) is 9.59 Å². The minimum atomic E-state index is -0.0373. The van der Waals surface area contributed by atoms with Gasteiger partial charge in [-0.05, 0) is 44.9 Å². The van der Waals surface area contributed by atoms with Crippen LogP contribution in [0.3, 0.4) is 0 Å². The Morgan fingerprint density at radius 3 is 2.29 bits per heavy atom. The van der Waals surface area contributed by atoms with Crippen LogP contribution in [0.5, 0.6) is 11.5 Å². The molecule has 1 N–H and O–H groups in total. The molecule has 0 bridgehead atoms. The number of piperazine rings is 1. The molecule has 1 saturated carbocycles. The first kappa shape index (κ1) is 19.1. The SMILES string of the molecule is CN1CCN(C(=O)C2CCC(C(=O)Nc3ccc4c(c3)OCCO4)CC2)CC1. The van der Waals surface area contributed by atoms with E-state index < -0.39 is 0 Å². The lowest BCUT2D eigenvalue weighted by Gasteiger charge is -2.36. The molecule has 0 aromatic heterocycles. The standard InChI is InChI=1S/C21H29N3O4/c1-23-8-10-24(11-9-23)21(26)16-4-2-15(3-5-16)20(25)22-17-6-7-18-19(14-17)28-13-12-27-18/h6-7,14-16H,2-5,8-13H2,1H3,(H,22,25). The zero-order chi connectivity index (χ0) is 19.5. The first-order valence-electron chi connectivity index (χ1n) is 10.3. The highest BCUT2D eigenvalue weighted by molar-refractivity contribution is 5.93. The topological polar surface area (TPSA) is 71.1 Å². The van der Waals surface area contributed by atoms with Crippen molar-refractivity contribution < 1.29 is 19.1 Å². The number of likely N-dealkylation sites (N-methyl/N-ethyl adjacent to an activating group) is 1. The van der Waals surface area contributed by atoms with Gasteiger partial charge in [-0.1, -0.05) is 0 Å². The maximum Gasteiger partial charge on any atom is 0.227 e. The van der Waals surface area contributed by atoms with Crippen molar-refractivity contribution in [1.82, 2.24) is 9.80 Å². The summed E-state index contributed by atoms with van der Waals surface area (Å²) in [6, 6.07) is 5.48. The second kappa shape index (κ2) is 8.39. The highest BCUT2D eigenvalue weighted by Crippen LogP contribution is 2.34. The normalized spacial score (nSPS) is 25.2. The van der Waals surface area contributed by atoms with Crippen LogP contribution in [0.1, 0.15) is 25.7 Å². The molecule has 7 heteroatoms. The number of carbonyl (C=O) groups excluding carboxylic acids is 2. The van der Waals surface area contributed by atoms with Crippen LogP contribution < -0.4 is 14.8 Å². The molecule has 3 aliphatic rings. The monoisotopic (exact) mass is 387 g/mol. The van der Waals surface area contributed by atoms with E-state index >= 15 is 0 Å². The third-order valence-electron chi connectivity index (χ3n) is 6.07. The summed E-state index contributed by atoms with van der Waals surface area (Å²) in [6.07, 6.45) is 3.12. The number of carbonyl (C=O) groups is 2. The zero-order valence-electron chi connectivity index (χ0n) is 16.5. The molecule has 0 atom stereocenters. The molecule has 1 aromatic rings. The van der Waals surface area contributed by atoms with Crippen LogP contribution in [0.25, 0.3) is 0 Å². The van der Waals surface area contributed by atoms with Crippen LogP contribution in [-0.4, -0.2) is 68.1 Å². The van der Waals surface area contributed by atoms with Gasteiger partial charge in [-0.3, -0.25) is 9.59 Å². The van der Waals surface area contributed by atoms with Crippen molar-refractivity contribution in [2.45, 2.75) is 25.7 Å². The molecule has 7 nitrogen and oxygen atoms in total. The summed E-state index contributed by atoms with van der Waals surface area (Å²) in [4.78, 5) is 29.7. The van der Waals surface area contributed by atoms with Gasteiger partial charge in [0.25, 0.3) is 0 Å². The average molecular weight is 387 g/mol. The van der Waals surface area contributed by atoms with Gasteiger partial charge < -0.3 is 24.6 Å². The molecule has 2 heterocycles. The molecule has 2 aliphatic heterocycles. The molecule has 28 heavy (non-hydrogen) atoms. The van der Waals surface area contributed by atoms with Crippen molar-refractivity contribution in [3.05, 3.63) is 18.2 Å². The van der Waals surface area contributed by atoms with Crippen molar-refractivity contribution >= 4 is 17.5 Å². The fourth-order valence-corrected chi connectivity index (χ4v) is 4.25. The fourth-order valence-electron chi connectivity index (χ4n) is 4.25. The number of hydrogen-bond acceptors (Lipinski definition) is 5. The second-order valence-electron chi connectivity index (χ2n) is 8.02. The minimum absolute atomic E-state index is 0.0298. The second-order valence-corrected chi connectivity index (χ2v) is 8.02. The van der Waals surface area contributed by atoms with Crippen LogP contribution >= 0.6 is 0 Å². The van der Waals surface area contributed by atoms with E-state index in [-0.39, 0.29) is 23.7 Å². The molecule has 152 valence electrons. The lowest BCUT2D eigenvalue weighted by Crippen LogP contribution is -2.49. The highest BCUT2D eigenvalue weighted by atomic mass is 16.6. The number of nitrogens with zero attached hydrogens (tertiary/aromatic N) is 2. The number of nitrogens with one attached hydrogen (secondary N) is 1. The molecule has 2 fully saturated rings. The summed E-state index contributed by atoms with van der Waals surface area (Å²) >= 11 is 0. The quantitative estimate of drug-likeness (QED) is 0.859. The Bertz CT molecular complexity index is 722. The number of ether oxygens (including phenoxy) is 2. The molecule has 4 rings (SSSR count). The van der Waals surface area contributed by atoms with Crippen LogP contribution in [0.4, 0.5) is 5.69 Å². The van der Waals surface area contributed by atoms with E-state index in [0.29, 0.717) is 24.7 Å². The Morgan fingerprint density at radius 2 is 1.57 bits per heavy atom. The summed E-state index contributed by atoms with van der Waals surface area (Å²) in [7, 11) is 2.09. The van der Waals surface area contributed by atoms with E-state index in [0.717, 1.165) is 57.5 Å². The maximum absolute atomic E-state index is 12.7. The van der Waals surface area contributed by atoms with E-state index in [1.807, 2.05) is 23.1 Å². The van der Waals surface area contributed by atoms with Crippen molar-refractivity contribution in [3.63, 3.8) is 0 Å². The maximum atomic E-state index is 12.7. The number of hydrogen-bond donors (Lipinski definition) is 1. The van der Waals surface area contributed by atoms with Crippen molar-refractivity contribution in [2.24, 2.45) is 11.8 Å². The lowest BCUT2D eigenvalue weighted by atomic mass is 9.80. The van der Waals surface area contributed by atoms with E-state index in [2.05, 4.69) is 17.3 Å². The summed E-state index contributed by atoms with van der Waals surface area (Å²) in [5.74, 6) is 1.73. The Morgan fingerprint density at radius 1 is 0.929 bits per heavy atom. The number of anilines is 1. The van der Waals surface area contributed by atoms with Gasteiger partial charge in [0.2, 0.25) is 11.8 Å². The number of fused-ring (bicyclic) bond motifs is 1. The Kier molecular flexibility index (Phi) is 5.71.